The van der Waals surface area contributed by atoms with E-state index in [0.29, 0.717) is 5.92 Å². The van der Waals surface area contributed by atoms with Crippen molar-refractivity contribution >= 4 is 13.7 Å². The van der Waals surface area contributed by atoms with Crippen LogP contribution in [0.5, 0.6) is 0 Å². The zero-order valence-corrected chi connectivity index (χ0v) is 10.8. The van der Waals surface area contributed by atoms with Crippen LogP contribution in [0.25, 0.3) is 0 Å². The van der Waals surface area contributed by atoms with E-state index in [1.807, 2.05) is 18.2 Å². The first kappa shape index (κ1) is 11.8. The van der Waals surface area contributed by atoms with Crippen LogP contribution < -0.4 is 5.19 Å². The Kier molecular flexibility index (Phi) is 3.76. The summed E-state index contributed by atoms with van der Waals surface area (Å²) in [6, 6.07) is 11.3. The van der Waals surface area contributed by atoms with Gasteiger partial charge in [-0.3, -0.25) is 0 Å². The third-order valence-electron chi connectivity index (χ3n) is 3.14. The summed E-state index contributed by atoms with van der Waals surface area (Å²) in [7, 11) is 1.27. The Hall–Kier alpha value is -0.683. The summed E-state index contributed by atoms with van der Waals surface area (Å²) in [6.07, 6.45) is 0. The zero-order chi connectivity index (χ0) is 11.4. The minimum Gasteiger partial charge on any atom is -0.394 e. The summed E-state index contributed by atoms with van der Waals surface area (Å²) in [5.74, 6) is 0.590. The van der Waals surface area contributed by atoms with E-state index in [1.54, 1.807) is 14.2 Å². The predicted molar refractivity (Wildman–Crippen MR) is 65.0 cm³/mol. The van der Waals surface area contributed by atoms with Gasteiger partial charge in [-0.15, -0.1) is 0 Å². The van der Waals surface area contributed by atoms with Crippen molar-refractivity contribution in [3.63, 3.8) is 0 Å². The first-order valence-electron chi connectivity index (χ1n) is 5.54. The molecule has 0 aliphatic carbocycles. The van der Waals surface area contributed by atoms with Crippen molar-refractivity contribution in [3.05, 3.63) is 30.3 Å². The van der Waals surface area contributed by atoms with Crippen LogP contribution >= 0.6 is 0 Å². The van der Waals surface area contributed by atoms with Crippen LogP contribution in [-0.4, -0.2) is 36.0 Å². The molecule has 1 aromatic carbocycles. The highest BCUT2D eigenvalue weighted by molar-refractivity contribution is 6.81. The van der Waals surface area contributed by atoms with E-state index in [0.717, 1.165) is 19.3 Å². The Morgan fingerprint density at radius 1 is 1.19 bits per heavy atom. The molecule has 0 spiro atoms. The van der Waals surface area contributed by atoms with Gasteiger partial charge in [0.1, 0.15) is 0 Å². The molecule has 0 atom stereocenters. The SMILES string of the molecule is CO[Si](CC1COC1)(OC)c1ccccc1. The first-order valence-corrected chi connectivity index (χ1v) is 7.56. The molecule has 1 aliphatic heterocycles. The molecule has 1 heterocycles. The lowest BCUT2D eigenvalue weighted by Crippen LogP contribution is -2.55. The van der Waals surface area contributed by atoms with E-state index < -0.39 is 8.56 Å². The number of benzene rings is 1. The molecule has 0 aromatic heterocycles. The van der Waals surface area contributed by atoms with Gasteiger partial charge < -0.3 is 13.6 Å². The average Bonchev–Trinajstić information content (AvgIpc) is 2.30. The van der Waals surface area contributed by atoms with E-state index in [4.69, 9.17) is 13.6 Å². The molecule has 88 valence electrons. The minimum atomic E-state index is -2.23. The largest absolute Gasteiger partial charge is 0.394 e. The van der Waals surface area contributed by atoms with Crippen molar-refractivity contribution in [1.82, 2.24) is 0 Å². The third-order valence-corrected chi connectivity index (χ3v) is 6.78. The fourth-order valence-electron chi connectivity index (χ4n) is 2.08. The van der Waals surface area contributed by atoms with Gasteiger partial charge >= 0.3 is 8.56 Å². The Labute approximate surface area is 97.6 Å². The minimum absolute atomic E-state index is 0.590. The standard InChI is InChI=1S/C12H18O3Si/c1-13-16(14-2,10-11-8-15-9-11)12-6-4-3-5-7-12/h3-7,11H,8-10H2,1-2H3. The Morgan fingerprint density at radius 3 is 2.25 bits per heavy atom. The van der Waals surface area contributed by atoms with Crippen molar-refractivity contribution in [2.45, 2.75) is 6.04 Å². The average molecular weight is 238 g/mol. The molecular weight excluding hydrogens is 220 g/mol. The summed E-state index contributed by atoms with van der Waals surface area (Å²) in [4.78, 5) is 0. The van der Waals surface area contributed by atoms with Gasteiger partial charge in [-0.25, -0.2) is 0 Å². The first-order chi connectivity index (χ1) is 7.80. The van der Waals surface area contributed by atoms with Crippen LogP contribution in [0.4, 0.5) is 0 Å². The molecular formula is C12H18O3Si. The summed E-state index contributed by atoms with van der Waals surface area (Å²) in [5, 5.41) is 1.20. The van der Waals surface area contributed by atoms with Crippen molar-refractivity contribution in [2.24, 2.45) is 5.92 Å². The van der Waals surface area contributed by atoms with Crippen LogP contribution in [0.15, 0.2) is 30.3 Å². The van der Waals surface area contributed by atoms with Gasteiger partial charge in [0.05, 0.1) is 13.2 Å². The lowest BCUT2D eigenvalue weighted by molar-refractivity contribution is -0.0261. The molecule has 0 amide bonds. The molecule has 1 fully saturated rings. The molecule has 0 saturated carbocycles. The van der Waals surface area contributed by atoms with Gasteiger partial charge in [-0.05, 0) is 5.19 Å². The molecule has 1 saturated heterocycles. The highest BCUT2D eigenvalue weighted by Gasteiger charge is 2.42. The van der Waals surface area contributed by atoms with E-state index in [2.05, 4.69) is 12.1 Å². The molecule has 0 bridgehead atoms. The molecule has 3 nitrogen and oxygen atoms in total. The topological polar surface area (TPSA) is 27.7 Å². The molecule has 0 unspecified atom stereocenters. The fourth-order valence-corrected chi connectivity index (χ4v) is 4.98. The van der Waals surface area contributed by atoms with Gasteiger partial charge in [0.2, 0.25) is 0 Å². The predicted octanol–water partition coefficient (Wildman–Crippen LogP) is 1.27. The Bertz CT molecular complexity index is 320. The summed E-state index contributed by atoms with van der Waals surface area (Å²) < 4.78 is 16.7. The van der Waals surface area contributed by atoms with Gasteiger partial charge in [0.15, 0.2) is 0 Å². The summed E-state index contributed by atoms with van der Waals surface area (Å²) in [5.41, 5.74) is 0. The van der Waals surface area contributed by atoms with Crippen molar-refractivity contribution in [3.8, 4) is 0 Å². The maximum Gasteiger partial charge on any atom is 0.372 e. The molecule has 0 radical (unpaired) electrons. The summed E-state index contributed by atoms with van der Waals surface area (Å²) in [6.45, 7) is 1.68. The van der Waals surface area contributed by atoms with Crippen molar-refractivity contribution < 1.29 is 13.6 Å². The number of ether oxygens (including phenoxy) is 1. The number of hydrogen-bond donors (Lipinski definition) is 0. The highest BCUT2D eigenvalue weighted by atomic mass is 28.4. The molecule has 4 heteroatoms. The molecule has 16 heavy (non-hydrogen) atoms. The van der Waals surface area contributed by atoms with Gasteiger partial charge in [0, 0.05) is 26.2 Å². The van der Waals surface area contributed by atoms with Crippen LogP contribution in [-0.2, 0) is 13.6 Å². The quantitative estimate of drug-likeness (QED) is 0.723. The smallest absolute Gasteiger partial charge is 0.372 e. The van der Waals surface area contributed by atoms with Crippen molar-refractivity contribution in [2.75, 3.05) is 27.4 Å². The zero-order valence-electron chi connectivity index (χ0n) is 9.81. The van der Waals surface area contributed by atoms with E-state index in [1.165, 1.54) is 5.19 Å². The Balaban J connectivity index is 2.19. The number of rotatable bonds is 5. The summed E-state index contributed by atoms with van der Waals surface area (Å²) >= 11 is 0. The maximum atomic E-state index is 5.74. The van der Waals surface area contributed by atoms with Crippen LogP contribution in [0.3, 0.4) is 0 Å². The lowest BCUT2D eigenvalue weighted by atomic mass is 10.1. The van der Waals surface area contributed by atoms with Crippen LogP contribution in [0.1, 0.15) is 0 Å². The van der Waals surface area contributed by atoms with E-state index in [9.17, 15) is 0 Å². The third kappa shape index (κ3) is 2.20. The fraction of sp³-hybridized carbons (Fsp3) is 0.500. The second-order valence-corrected chi connectivity index (χ2v) is 7.44. The van der Waals surface area contributed by atoms with Gasteiger partial charge in [-0.2, -0.15) is 0 Å². The highest BCUT2D eigenvalue weighted by Crippen LogP contribution is 2.24. The second-order valence-electron chi connectivity index (χ2n) is 4.13. The van der Waals surface area contributed by atoms with Crippen LogP contribution in [0.2, 0.25) is 6.04 Å². The normalized spacial score (nSPS) is 17.1. The molecule has 0 N–H and O–H groups in total. The monoisotopic (exact) mass is 238 g/mol. The molecule has 1 aromatic rings. The maximum absolute atomic E-state index is 5.74. The second kappa shape index (κ2) is 5.10. The van der Waals surface area contributed by atoms with Gasteiger partial charge in [0.25, 0.3) is 0 Å². The van der Waals surface area contributed by atoms with Crippen molar-refractivity contribution in [1.29, 1.82) is 0 Å². The Morgan fingerprint density at radius 2 is 1.81 bits per heavy atom. The van der Waals surface area contributed by atoms with E-state index >= 15 is 0 Å². The lowest BCUT2D eigenvalue weighted by Gasteiger charge is -2.35. The number of hydrogen-bond acceptors (Lipinski definition) is 3. The molecule has 2 rings (SSSR count). The van der Waals surface area contributed by atoms with E-state index in [-0.39, 0.29) is 0 Å². The van der Waals surface area contributed by atoms with Gasteiger partial charge in [-0.1, -0.05) is 30.3 Å². The molecule has 1 aliphatic rings. The van der Waals surface area contributed by atoms with Crippen LogP contribution in [0, 0.1) is 5.92 Å².